The van der Waals surface area contributed by atoms with Gasteiger partial charge in [-0.2, -0.15) is 0 Å². The van der Waals surface area contributed by atoms with Crippen molar-refractivity contribution in [1.82, 2.24) is 9.88 Å². The zero-order chi connectivity index (χ0) is 20.1. The van der Waals surface area contributed by atoms with Crippen LogP contribution in [0.2, 0.25) is 0 Å². The predicted molar refractivity (Wildman–Crippen MR) is 112 cm³/mol. The molecule has 2 aromatic carbocycles. The maximum absolute atomic E-state index is 13.6. The minimum Gasteiger partial charge on any atom is -0.497 e. The van der Waals surface area contributed by atoms with Crippen LogP contribution in [-0.2, 0) is 0 Å². The first-order chi connectivity index (χ1) is 13.5. The Hall–Kier alpha value is -2.51. The molecule has 28 heavy (non-hydrogen) atoms. The predicted octanol–water partition coefficient (Wildman–Crippen LogP) is 4.43. The lowest BCUT2D eigenvalue weighted by molar-refractivity contribution is 0.0983. The van der Waals surface area contributed by atoms with Crippen LogP contribution in [0.3, 0.4) is 0 Å². The highest BCUT2D eigenvalue weighted by Gasteiger charge is 2.22. The van der Waals surface area contributed by atoms with Gasteiger partial charge in [0.2, 0.25) is 0 Å². The summed E-state index contributed by atoms with van der Waals surface area (Å²) >= 11 is 1.32. The van der Waals surface area contributed by atoms with Gasteiger partial charge in [-0.3, -0.25) is 9.69 Å². The number of benzene rings is 2. The number of fused-ring (bicyclic) bond motifs is 1. The number of rotatable bonds is 8. The van der Waals surface area contributed by atoms with E-state index in [1.165, 1.54) is 23.5 Å². The lowest BCUT2D eigenvalue weighted by atomic mass is 10.2. The molecule has 0 fully saturated rings. The Morgan fingerprint density at radius 2 is 1.93 bits per heavy atom. The number of thiazole rings is 1. The van der Waals surface area contributed by atoms with Crippen molar-refractivity contribution >= 4 is 32.6 Å². The number of amides is 1. The molecule has 3 rings (SSSR count). The van der Waals surface area contributed by atoms with Gasteiger partial charge in [0.05, 0.1) is 17.3 Å². The summed E-state index contributed by atoms with van der Waals surface area (Å²) in [5.74, 6) is 0.169. The van der Waals surface area contributed by atoms with E-state index in [0.717, 1.165) is 24.3 Å². The monoisotopic (exact) mass is 401 g/mol. The van der Waals surface area contributed by atoms with E-state index in [-0.39, 0.29) is 11.7 Å². The molecule has 5 nitrogen and oxygen atoms in total. The van der Waals surface area contributed by atoms with Crippen molar-refractivity contribution in [1.29, 1.82) is 0 Å². The minimum absolute atomic E-state index is 0.148. The number of likely N-dealkylation sites (N-methyl/N-ethyl adjacent to an activating group) is 1. The van der Waals surface area contributed by atoms with Gasteiger partial charge < -0.3 is 9.64 Å². The summed E-state index contributed by atoms with van der Waals surface area (Å²) in [6, 6.07) is 11.6. The smallest absolute Gasteiger partial charge is 0.260 e. The van der Waals surface area contributed by atoms with Gasteiger partial charge in [-0.15, -0.1) is 0 Å². The third kappa shape index (κ3) is 4.48. The van der Waals surface area contributed by atoms with Crippen LogP contribution in [0, 0.1) is 5.82 Å². The number of methoxy groups -OCH3 is 1. The molecule has 0 N–H and O–H groups in total. The van der Waals surface area contributed by atoms with E-state index in [1.54, 1.807) is 42.3 Å². The molecule has 0 aliphatic heterocycles. The van der Waals surface area contributed by atoms with Crippen LogP contribution in [0.4, 0.5) is 9.52 Å². The Balaban J connectivity index is 1.96. The van der Waals surface area contributed by atoms with Gasteiger partial charge in [-0.1, -0.05) is 31.3 Å². The molecule has 1 aromatic heterocycles. The molecule has 1 heterocycles. The highest BCUT2D eigenvalue weighted by Crippen LogP contribution is 2.30. The number of anilines is 1. The molecule has 0 spiro atoms. The lowest BCUT2D eigenvalue weighted by Crippen LogP contribution is -2.38. The maximum Gasteiger partial charge on any atom is 0.260 e. The Kier molecular flexibility index (Phi) is 6.59. The van der Waals surface area contributed by atoms with Gasteiger partial charge in [0, 0.05) is 18.7 Å². The molecule has 0 bridgehead atoms. The Labute approximate surface area is 168 Å². The van der Waals surface area contributed by atoms with Crippen LogP contribution in [0.15, 0.2) is 42.5 Å². The van der Waals surface area contributed by atoms with E-state index in [1.807, 2.05) is 0 Å². The number of nitrogens with zero attached hydrogens (tertiary/aromatic N) is 3. The topological polar surface area (TPSA) is 45.7 Å². The summed E-state index contributed by atoms with van der Waals surface area (Å²) in [7, 11) is 1.57. The Morgan fingerprint density at radius 1 is 1.14 bits per heavy atom. The number of aromatic nitrogens is 1. The average molecular weight is 402 g/mol. The second kappa shape index (κ2) is 9.12. The van der Waals surface area contributed by atoms with Crippen molar-refractivity contribution < 1.29 is 13.9 Å². The molecule has 0 atom stereocenters. The van der Waals surface area contributed by atoms with Crippen LogP contribution in [0.1, 0.15) is 24.2 Å². The van der Waals surface area contributed by atoms with Gasteiger partial charge in [-0.25, -0.2) is 9.37 Å². The minimum atomic E-state index is -0.309. The quantitative estimate of drug-likeness (QED) is 0.560. The summed E-state index contributed by atoms with van der Waals surface area (Å²) in [5, 5.41) is 0.570. The van der Waals surface area contributed by atoms with Crippen molar-refractivity contribution in [2.75, 3.05) is 38.2 Å². The molecule has 7 heteroatoms. The molecular formula is C21H24FN3O2S. The SMILES string of the molecule is CCN(CC)CCN(C(=O)c1cccc(OC)c1)c1nc2ccc(F)cc2s1. The van der Waals surface area contributed by atoms with Gasteiger partial charge >= 0.3 is 0 Å². The summed E-state index contributed by atoms with van der Waals surface area (Å²) in [4.78, 5) is 21.8. The first-order valence-corrected chi connectivity index (χ1v) is 10.1. The second-order valence-electron chi connectivity index (χ2n) is 6.32. The number of hydrogen-bond donors (Lipinski definition) is 0. The van der Waals surface area contributed by atoms with Crippen molar-refractivity contribution in [3.05, 3.63) is 53.8 Å². The van der Waals surface area contributed by atoms with E-state index in [0.29, 0.717) is 28.5 Å². The molecule has 0 aliphatic carbocycles. The third-order valence-corrected chi connectivity index (χ3v) is 5.71. The van der Waals surface area contributed by atoms with Gasteiger partial charge in [0.25, 0.3) is 5.91 Å². The standard InChI is InChI=1S/C21H24FN3O2S/c1-4-24(5-2)11-12-25(20(26)15-7-6-8-17(13-15)27-3)21-23-18-10-9-16(22)14-19(18)28-21/h6-10,13-14H,4-5,11-12H2,1-3H3. The summed E-state index contributed by atoms with van der Waals surface area (Å²) in [5.41, 5.74) is 1.22. The zero-order valence-electron chi connectivity index (χ0n) is 16.3. The Morgan fingerprint density at radius 3 is 2.64 bits per heavy atom. The third-order valence-electron chi connectivity index (χ3n) is 4.67. The van der Waals surface area contributed by atoms with Gasteiger partial charge in [0.15, 0.2) is 5.13 Å². The first kappa shape index (κ1) is 20.2. The van der Waals surface area contributed by atoms with E-state index in [9.17, 15) is 9.18 Å². The fraction of sp³-hybridized carbons (Fsp3) is 0.333. The van der Waals surface area contributed by atoms with E-state index < -0.39 is 0 Å². The van der Waals surface area contributed by atoms with Crippen LogP contribution < -0.4 is 9.64 Å². The van der Waals surface area contributed by atoms with E-state index >= 15 is 0 Å². The number of hydrogen-bond acceptors (Lipinski definition) is 5. The van der Waals surface area contributed by atoms with Crippen LogP contribution in [0.25, 0.3) is 10.2 Å². The van der Waals surface area contributed by atoms with Crippen molar-refractivity contribution in [3.8, 4) is 5.75 Å². The van der Waals surface area contributed by atoms with Crippen molar-refractivity contribution in [2.24, 2.45) is 0 Å². The molecule has 0 saturated carbocycles. The fourth-order valence-electron chi connectivity index (χ4n) is 2.98. The van der Waals surface area contributed by atoms with E-state index in [4.69, 9.17) is 4.74 Å². The van der Waals surface area contributed by atoms with Gasteiger partial charge in [0.1, 0.15) is 11.6 Å². The molecule has 0 aliphatic rings. The zero-order valence-corrected chi connectivity index (χ0v) is 17.1. The van der Waals surface area contributed by atoms with Gasteiger partial charge in [-0.05, 0) is 49.5 Å². The molecular weight excluding hydrogens is 377 g/mol. The maximum atomic E-state index is 13.6. The van der Waals surface area contributed by atoms with Crippen molar-refractivity contribution in [2.45, 2.75) is 13.8 Å². The number of ether oxygens (including phenoxy) is 1. The summed E-state index contributed by atoms with van der Waals surface area (Å²) in [6.07, 6.45) is 0. The van der Waals surface area contributed by atoms with Crippen molar-refractivity contribution in [3.63, 3.8) is 0 Å². The van der Waals surface area contributed by atoms with Crippen LogP contribution >= 0.6 is 11.3 Å². The summed E-state index contributed by atoms with van der Waals surface area (Å²) in [6.45, 7) is 7.23. The first-order valence-electron chi connectivity index (χ1n) is 9.30. The molecule has 0 saturated heterocycles. The lowest BCUT2D eigenvalue weighted by Gasteiger charge is -2.24. The average Bonchev–Trinajstić information content (AvgIpc) is 3.13. The highest BCUT2D eigenvalue weighted by molar-refractivity contribution is 7.22. The number of carbonyl (C=O) groups excluding carboxylic acids is 1. The number of carbonyl (C=O) groups is 1. The molecule has 0 unspecified atom stereocenters. The normalized spacial score (nSPS) is 11.2. The molecule has 0 radical (unpaired) electrons. The highest BCUT2D eigenvalue weighted by atomic mass is 32.1. The van der Waals surface area contributed by atoms with Crippen LogP contribution in [0.5, 0.6) is 5.75 Å². The fourth-order valence-corrected chi connectivity index (χ4v) is 3.99. The van der Waals surface area contributed by atoms with Crippen LogP contribution in [-0.4, -0.2) is 49.1 Å². The summed E-state index contributed by atoms with van der Waals surface area (Å²) < 4.78 is 19.6. The molecule has 3 aromatic rings. The number of halogens is 1. The second-order valence-corrected chi connectivity index (χ2v) is 7.33. The van der Waals surface area contributed by atoms with E-state index in [2.05, 4.69) is 23.7 Å². The molecule has 148 valence electrons. The Bertz CT molecular complexity index is 956. The largest absolute Gasteiger partial charge is 0.497 e. The molecule has 1 amide bonds.